The lowest BCUT2D eigenvalue weighted by Gasteiger charge is -2.14. The van der Waals surface area contributed by atoms with E-state index in [9.17, 15) is 13.2 Å². The van der Waals surface area contributed by atoms with E-state index in [1.54, 1.807) is 24.3 Å². The molecule has 112 valence electrons. The highest BCUT2D eigenvalue weighted by molar-refractivity contribution is 5.70. The van der Waals surface area contributed by atoms with Gasteiger partial charge in [0.25, 0.3) is 0 Å². The molecule has 0 fully saturated rings. The summed E-state index contributed by atoms with van der Waals surface area (Å²) in [4.78, 5) is 0. The highest BCUT2D eigenvalue weighted by Gasteiger charge is 2.32. The fourth-order valence-electron chi connectivity index (χ4n) is 2.06. The van der Waals surface area contributed by atoms with E-state index in [4.69, 9.17) is 5.73 Å². The predicted octanol–water partition coefficient (Wildman–Crippen LogP) is 4.66. The molecule has 2 rings (SSSR count). The molecule has 2 aromatic carbocycles. The molecule has 1 unspecified atom stereocenters. The Morgan fingerprint density at radius 3 is 2.24 bits per heavy atom. The summed E-state index contributed by atoms with van der Waals surface area (Å²) < 4.78 is 41.3. The normalized spacial score (nSPS) is 13.0. The maximum Gasteiger partial charge on any atom is 0.573 e. The minimum absolute atomic E-state index is 0.0688. The minimum atomic E-state index is -4.71. The molecular formula is C16H16F3NO. The first-order chi connectivity index (χ1) is 9.90. The van der Waals surface area contributed by atoms with Gasteiger partial charge in [-0.05, 0) is 23.6 Å². The Bertz CT molecular complexity index is 593. The highest BCUT2D eigenvalue weighted by Crippen LogP contribution is 2.34. The summed E-state index contributed by atoms with van der Waals surface area (Å²) in [6.07, 6.45) is -3.91. The highest BCUT2D eigenvalue weighted by atomic mass is 19.4. The second-order valence-electron chi connectivity index (χ2n) is 4.68. The molecule has 0 amide bonds. The van der Waals surface area contributed by atoms with Gasteiger partial charge >= 0.3 is 6.36 Å². The van der Waals surface area contributed by atoms with Crippen LogP contribution in [-0.4, -0.2) is 6.36 Å². The predicted molar refractivity (Wildman–Crippen MR) is 75.8 cm³/mol. The summed E-state index contributed by atoms with van der Waals surface area (Å²) >= 11 is 0. The molecule has 21 heavy (non-hydrogen) atoms. The SMILES string of the molecule is CCC(N)c1ccc(-c2ccccc2OC(F)(F)F)cc1. The Kier molecular flexibility index (Phi) is 4.53. The van der Waals surface area contributed by atoms with Crippen molar-refractivity contribution in [2.24, 2.45) is 5.73 Å². The summed E-state index contributed by atoms with van der Waals surface area (Å²) in [5, 5.41) is 0. The summed E-state index contributed by atoms with van der Waals surface area (Å²) in [5.74, 6) is -0.211. The van der Waals surface area contributed by atoms with Gasteiger partial charge in [-0.2, -0.15) is 0 Å². The third-order valence-corrected chi connectivity index (χ3v) is 3.20. The van der Waals surface area contributed by atoms with Crippen LogP contribution in [0.5, 0.6) is 5.75 Å². The van der Waals surface area contributed by atoms with Crippen LogP contribution in [0.3, 0.4) is 0 Å². The minimum Gasteiger partial charge on any atom is -0.405 e. The number of rotatable bonds is 4. The summed E-state index contributed by atoms with van der Waals surface area (Å²) in [6.45, 7) is 1.98. The van der Waals surface area contributed by atoms with Crippen LogP contribution in [0.25, 0.3) is 11.1 Å². The number of halogens is 3. The van der Waals surface area contributed by atoms with Crippen LogP contribution in [0.4, 0.5) is 13.2 Å². The van der Waals surface area contributed by atoms with Crippen LogP contribution >= 0.6 is 0 Å². The molecule has 0 saturated heterocycles. The van der Waals surface area contributed by atoms with Gasteiger partial charge in [-0.3, -0.25) is 0 Å². The van der Waals surface area contributed by atoms with Crippen molar-refractivity contribution in [1.29, 1.82) is 0 Å². The van der Waals surface area contributed by atoms with E-state index >= 15 is 0 Å². The molecule has 0 aliphatic rings. The van der Waals surface area contributed by atoms with Crippen LogP contribution in [0.1, 0.15) is 24.9 Å². The van der Waals surface area contributed by atoms with E-state index in [2.05, 4.69) is 4.74 Å². The Morgan fingerprint density at radius 1 is 1.05 bits per heavy atom. The second-order valence-corrected chi connectivity index (χ2v) is 4.68. The second kappa shape index (κ2) is 6.18. The molecule has 1 atom stereocenters. The zero-order valence-corrected chi connectivity index (χ0v) is 11.5. The van der Waals surface area contributed by atoms with Crippen LogP contribution in [-0.2, 0) is 0 Å². The molecule has 0 bridgehead atoms. The van der Waals surface area contributed by atoms with Crippen molar-refractivity contribution in [3.63, 3.8) is 0 Å². The fraction of sp³-hybridized carbons (Fsp3) is 0.250. The van der Waals surface area contributed by atoms with Crippen molar-refractivity contribution < 1.29 is 17.9 Å². The number of hydrogen-bond donors (Lipinski definition) is 1. The summed E-state index contributed by atoms with van der Waals surface area (Å²) in [5.41, 5.74) is 7.93. The van der Waals surface area contributed by atoms with Crippen molar-refractivity contribution in [2.75, 3.05) is 0 Å². The average Bonchev–Trinajstić information content (AvgIpc) is 2.45. The lowest BCUT2D eigenvalue weighted by atomic mass is 9.99. The third-order valence-electron chi connectivity index (χ3n) is 3.20. The number of benzene rings is 2. The van der Waals surface area contributed by atoms with E-state index in [1.165, 1.54) is 12.1 Å². The summed E-state index contributed by atoms with van der Waals surface area (Å²) in [7, 11) is 0. The number of ether oxygens (including phenoxy) is 1. The first-order valence-corrected chi connectivity index (χ1v) is 6.61. The smallest absolute Gasteiger partial charge is 0.405 e. The topological polar surface area (TPSA) is 35.2 Å². The lowest BCUT2D eigenvalue weighted by Crippen LogP contribution is -2.17. The average molecular weight is 295 g/mol. The Hall–Kier alpha value is -2.01. The molecule has 0 spiro atoms. The maximum absolute atomic E-state index is 12.4. The van der Waals surface area contributed by atoms with Gasteiger partial charge in [-0.15, -0.1) is 13.2 Å². The van der Waals surface area contributed by atoms with Crippen molar-refractivity contribution in [3.8, 4) is 16.9 Å². The van der Waals surface area contributed by atoms with Crippen molar-refractivity contribution in [3.05, 3.63) is 54.1 Å². The van der Waals surface area contributed by atoms with E-state index in [0.29, 0.717) is 11.1 Å². The molecule has 0 radical (unpaired) electrons. The molecule has 0 heterocycles. The maximum atomic E-state index is 12.4. The monoisotopic (exact) mass is 295 g/mol. The molecule has 2 nitrogen and oxygen atoms in total. The van der Waals surface area contributed by atoms with Gasteiger partial charge in [0.2, 0.25) is 0 Å². The van der Waals surface area contributed by atoms with Crippen LogP contribution in [0, 0.1) is 0 Å². The van der Waals surface area contributed by atoms with E-state index in [0.717, 1.165) is 12.0 Å². The Morgan fingerprint density at radius 2 is 1.67 bits per heavy atom. The van der Waals surface area contributed by atoms with Gasteiger partial charge in [-0.25, -0.2) is 0 Å². The summed E-state index contributed by atoms with van der Waals surface area (Å²) in [6, 6.07) is 13.2. The van der Waals surface area contributed by atoms with Gasteiger partial charge in [0.05, 0.1) is 0 Å². The zero-order chi connectivity index (χ0) is 15.5. The largest absolute Gasteiger partial charge is 0.573 e. The molecule has 5 heteroatoms. The number of hydrogen-bond acceptors (Lipinski definition) is 2. The van der Waals surface area contributed by atoms with Crippen LogP contribution in [0.15, 0.2) is 48.5 Å². The van der Waals surface area contributed by atoms with Crippen LogP contribution < -0.4 is 10.5 Å². The van der Waals surface area contributed by atoms with Crippen molar-refractivity contribution in [1.82, 2.24) is 0 Å². The quantitative estimate of drug-likeness (QED) is 0.890. The Balaban J connectivity index is 2.34. The number of alkyl halides is 3. The van der Waals surface area contributed by atoms with Crippen molar-refractivity contribution >= 4 is 0 Å². The molecule has 0 aliphatic heterocycles. The van der Waals surface area contributed by atoms with Crippen LogP contribution in [0.2, 0.25) is 0 Å². The zero-order valence-electron chi connectivity index (χ0n) is 11.5. The molecule has 0 saturated carbocycles. The fourth-order valence-corrected chi connectivity index (χ4v) is 2.06. The number of nitrogens with two attached hydrogens (primary N) is 1. The standard InChI is InChI=1S/C16H16F3NO/c1-2-14(20)12-9-7-11(8-10-12)13-5-3-4-6-15(13)21-16(17,18)19/h3-10,14H,2,20H2,1H3. The van der Waals surface area contributed by atoms with Gasteiger partial charge in [0, 0.05) is 11.6 Å². The van der Waals surface area contributed by atoms with Gasteiger partial charge < -0.3 is 10.5 Å². The first kappa shape index (κ1) is 15.4. The first-order valence-electron chi connectivity index (χ1n) is 6.61. The van der Waals surface area contributed by atoms with Crippen molar-refractivity contribution in [2.45, 2.75) is 25.7 Å². The third kappa shape index (κ3) is 3.98. The number of para-hydroxylation sites is 1. The van der Waals surface area contributed by atoms with Gasteiger partial charge in [-0.1, -0.05) is 49.4 Å². The molecule has 0 aliphatic carbocycles. The molecule has 2 N–H and O–H groups in total. The Labute approximate surface area is 121 Å². The molecule has 0 aromatic heterocycles. The van der Waals surface area contributed by atoms with Gasteiger partial charge in [0.1, 0.15) is 5.75 Å². The lowest BCUT2D eigenvalue weighted by molar-refractivity contribution is -0.274. The molecular weight excluding hydrogens is 279 g/mol. The van der Waals surface area contributed by atoms with E-state index in [-0.39, 0.29) is 11.8 Å². The molecule has 2 aromatic rings. The van der Waals surface area contributed by atoms with Gasteiger partial charge in [0.15, 0.2) is 0 Å². The van der Waals surface area contributed by atoms with E-state index in [1.807, 2.05) is 19.1 Å². The van der Waals surface area contributed by atoms with E-state index < -0.39 is 6.36 Å².